The predicted octanol–water partition coefficient (Wildman–Crippen LogP) is 3.66. The molecule has 0 radical (unpaired) electrons. The van der Waals surface area contributed by atoms with E-state index in [-0.39, 0.29) is 11.6 Å². The maximum absolute atomic E-state index is 12.6. The summed E-state index contributed by atoms with van der Waals surface area (Å²) < 4.78 is 2.33. The van der Waals surface area contributed by atoms with Crippen LogP contribution in [0.4, 0.5) is 16.3 Å². The van der Waals surface area contributed by atoms with Gasteiger partial charge in [-0.15, -0.1) is 5.10 Å². The van der Waals surface area contributed by atoms with Gasteiger partial charge in [0.15, 0.2) is 0 Å². The molecule has 1 aromatic heterocycles. The lowest BCUT2D eigenvalue weighted by Gasteiger charge is -2.35. The number of anilines is 2. The molecule has 2 aromatic carbocycles. The Morgan fingerprint density at radius 1 is 1.00 bits per heavy atom. The zero-order valence-corrected chi connectivity index (χ0v) is 18.2. The number of rotatable bonds is 3. The second kappa shape index (κ2) is 8.71. The van der Waals surface area contributed by atoms with Crippen molar-refractivity contribution in [2.75, 3.05) is 36.4 Å². The van der Waals surface area contributed by atoms with Gasteiger partial charge in [0.1, 0.15) is 5.82 Å². The van der Waals surface area contributed by atoms with E-state index < -0.39 is 0 Å². The van der Waals surface area contributed by atoms with Crippen molar-refractivity contribution >= 4 is 33.5 Å². The summed E-state index contributed by atoms with van der Waals surface area (Å²) in [6.07, 6.45) is 0. The smallest absolute Gasteiger partial charge is 0.321 e. The van der Waals surface area contributed by atoms with Crippen molar-refractivity contribution in [3.05, 3.63) is 81.1 Å². The van der Waals surface area contributed by atoms with Gasteiger partial charge in [-0.05, 0) is 43.3 Å². The van der Waals surface area contributed by atoms with E-state index in [1.54, 1.807) is 11.0 Å². The molecule has 1 aliphatic heterocycles. The highest BCUT2D eigenvalue weighted by Gasteiger charge is 2.22. The largest absolute Gasteiger partial charge is 0.352 e. The van der Waals surface area contributed by atoms with Gasteiger partial charge in [0, 0.05) is 42.4 Å². The highest BCUT2D eigenvalue weighted by molar-refractivity contribution is 9.10. The van der Waals surface area contributed by atoms with Crippen LogP contribution in [0, 0.1) is 6.92 Å². The summed E-state index contributed by atoms with van der Waals surface area (Å²) >= 11 is 3.41. The monoisotopic (exact) mass is 467 g/mol. The van der Waals surface area contributed by atoms with E-state index in [1.165, 1.54) is 10.7 Å². The van der Waals surface area contributed by atoms with Crippen molar-refractivity contribution in [1.29, 1.82) is 0 Å². The average Bonchev–Trinajstić information content (AvgIpc) is 2.75. The van der Waals surface area contributed by atoms with E-state index in [4.69, 9.17) is 0 Å². The van der Waals surface area contributed by atoms with Gasteiger partial charge in [-0.25, -0.2) is 4.79 Å². The SMILES string of the molecule is Cc1ccc(-n2nc(N3CCN(C(=O)Nc4cccc(Br)c4)CC3)ccc2=O)cc1. The number of aromatic nitrogens is 2. The molecule has 2 heterocycles. The summed E-state index contributed by atoms with van der Waals surface area (Å²) in [6, 6.07) is 18.4. The molecule has 7 nitrogen and oxygen atoms in total. The van der Waals surface area contributed by atoms with Gasteiger partial charge in [-0.3, -0.25) is 4.79 Å². The first kappa shape index (κ1) is 20.2. The van der Waals surface area contributed by atoms with E-state index in [9.17, 15) is 9.59 Å². The highest BCUT2D eigenvalue weighted by Crippen LogP contribution is 2.18. The van der Waals surface area contributed by atoms with Crippen molar-refractivity contribution in [3.63, 3.8) is 0 Å². The fraction of sp³-hybridized carbons (Fsp3) is 0.227. The molecule has 0 bridgehead atoms. The molecule has 4 rings (SSSR count). The van der Waals surface area contributed by atoms with Crippen LogP contribution in [0.15, 0.2) is 69.9 Å². The van der Waals surface area contributed by atoms with Gasteiger partial charge < -0.3 is 15.1 Å². The third kappa shape index (κ3) is 4.54. The molecule has 8 heteroatoms. The molecule has 1 fully saturated rings. The first-order valence-corrected chi connectivity index (χ1v) is 10.5. The fourth-order valence-corrected chi connectivity index (χ4v) is 3.75. The summed E-state index contributed by atoms with van der Waals surface area (Å²) in [5.41, 5.74) is 2.44. The lowest BCUT2D eigenvalue weighted by Crippen LogP contribution is -2.50. The standard InChI is InChI=1S/C22H22BrN5O2/c1-16-5-7-19(8-6-16)28-21(29)10-9-20(25-28)26-11-13-27(14-12-26)22(30)24-18-4-2-3-17(23)15-18/h2-10,15H,11-14H2,1H3,(H,24,30). The molecule has 1 N–H and O–H groups in total. The minimum atomic E-state index is -0.172. The van der Waals surface area contributed by atoms with E-state index in [1.807, 2.05) is 55.5 Å². The van der Waals surface area contributed by atoms with Crippen LogP contribution in [-0.4, -0.2) is 46.9 Å². The number of urea groups is 1. The Labute approximate surface area is 183 Å². The van der Waals surface area contributed by atoms with Crippen molar-refractivity contribution in [2.45, 2.75) is 6.92 Å². The van der Waals surface area contributed by atoms with Gasteiger partial charge in [0.25, 0.3) is 5.56 Å². The Kier molecular flexibility index (Phi) is 5.85. The number of hydrogen-bond donors (Lipinski definition) is 1. The van der Waals surface area contributed by atoms with Crippen LogP contribution in [0.5, 0.6) is 0 Å². The molecule has 0 unspecified atom stereocenters. The summed E-state index contributed by atoms with van der Waals surface area (Å²) in [4.78, 5) is 28.7. The Balaban J connectivity index is 1.43. The minimum Gasteiger partial charge on any atom is -0.352 e. The van der Waals surface area contributed by atoms with Crippen LogP contribution < -0.4 is 15.8 Å². The maximum Gasteiger partial charge on any atom is 0.321 e. The second-order valence-electron chi connectivity index (χ2n) is 7.19. The average molecular weight is 468 g/mol. The number of carbonyl (C=O) groups excluding carboxylic acids is 1. The van der Waals surface area contributed by atoms with Crippen LogP contribution in [0.25, 0.3) is 5.69 Å². The fourth-order valence-electron chi connectivity index (χ4n) is 3.35. The number of halogens is 1. The summed E-state index contributed by atoms with van der Waals surface area (Å²) in [5, 5.41) is 7.48. The zero-order chi connectivity index (χ0) is 21.1. The summed E-state index contributed by atoms with van der Waals surface area (Å²) in [6.45, 7) is 4.44. The number of nitrogens with one attached hydrogen (secondary N) is 1. The summed E-state index contributed by atoms with van der Waals surface area (Å²) in [5.74, 6) is 0.724. The number of hydrogen-bond acceptors (Lipinski definition) is 4. The zero-order valence-electron chi connectivity index (χ0n) is 16.6. The molecular formula is C22H22BrN5O2. The van der Waals surface area contributed by atoms with Gasteiger partial charge in [-0.1, -0.05) is 39.7 Å². The van der Waals surface area contributed by atoms with E-state index in [0.29, 0.717) is 26.2 Å². The Morgan fingerprint density at radius 3 is 2.43 bits per heavy atom. The highest BCUT2D eigenvalue weighted by atomic mass is 79.9. The quantitative estimate of drug-likeness (QED) is 0.637. The van der Waals surface area contributed by atoms with Crippen LogP contribution in [0.1, 0.15) is 5.56 Å². The third-order valence-electron chi connectivity index (χ3n) is 5.03. The van der Waals surface area contributed by atoms with Crippen molar-refractivity contribution in [2.24, 2.45) is 0 Å². The molecule has 2 amide bonds. The van der Waals surface area contributed by atoms with Gasteiger partial charge >= 0.3 is 6.03 Å². The van der Waals surface area contributed by atoms with Gasteiger partial charge in [0.05, 0.1) is 5.69 Å². The Bertz CT molecular complexity index is 1110. The molecule has 0 aliphatic carbocycles. The normalized spacial score (nSPS) is 13.9. The third-order valence-corrected chi connectivity index (χ3v) is 5.52. The molecule has 30 heavy (non-hydrogen) atoms. The number of aryl methyl sites for hydroxylation is 1. The van der Waals surface area contributed by atoms with Crippen LogP contribution in [0.2, 0.25) is 0 Å². The van der Waals surface area contributed by atoms with Crippen LogP contribution in [-0.2, 0) is 0 Å². The number of nitrogens with zero attached hydrogens (tertiary/aromatic N) is 4. The minimum absolute atomic E-state index is 0.120. The molecule has 1 aliphatic rings. The van der Waals surface area contributed by atoms with Crippen LogP contribution >= 0.6 is 15.9 Å². The maximum atomic E-state index is 12.6. The van der Waals surface area contributed by atoms with Gasteiger partial charge in [0.2, 0.25) is 0 Å². The van der Waals surface area contributed by atoms with Crippen molar-refractivity contribution < 1.29 is 4.79 Å². The molecule has 0 saturated carbocycles. The molecule has 0 spiro atoms. The van der Waals surface area contributed by atoms with E-state index in [2.05, 4.69) is 31.2 Å². The lowest BCUT2D eigenvalue weighted by atomic mass is 10.2. The first-order valence-electron chi connectivity index (χ1n) is 9.73. The Hall–Kier alpha value is -3.13. The Morgan fingerprint density at radius 2 is 1.73 bits per heavy atom. The number of amides is 2. The molecule has 154 valence electrons. The number of benzene rings is 2. The lowest BCUT2D eigenvalue weighted by molar-refractivity contribution is 0.208. The molecular weight excluding hydrogens is 446 g/mol. The van der Waals surface area contributed by atoms with E-state index >= 15 is 0 Å². The number of piperazine rings is 1. The predicted molar refractivity (Wildman–Crippen MR) is 122 cm³/mol. The topological polar surface area (TPSA) is 70.5 Å². The van der Waals surface area contributed by atoms with Gasteiger partial charge in [-0.2, -0.15) is 4.68 Å². The molecule has 0 atom stereocenters. The van der Waals surface area contributed by atoms with Crippen molar-refractivity contribution in [3.8, 4) is 5.69 Å². The summed E-state index contributed by atoms with van der Waals surface area (Å²) in [7, 11) is 0. The second-order valence-corrected chi connectivity index (χ2v) is 8.11. The molecule has 1 saturated heterocycles. The van der Waals surface area contributed by atoms with E-state index in [0.717, 1.165) is 27.2 Å². The van der Waals surface area contributed by atoms with Crippen LogP contribution in [0.3, 0.4) is 0 Å². The number of carbonyl (C=O) groups is 1. The first-order chi connectivity index (χ1) is 14.5. The van der Waals surface area contributed by atoms with Crippen molar-refractivity contribution in [1.82, 2.24) is 14.7 Å². The molecule has 3 aromatic rings.